The van der Waals surface area contributed by atoms with Gasteiger partial charge >= 0.3 is 0 Å². The Labute approximate surface area is 118 Å². The van der Waals surface area contributed by atoms with Crippen LogP contribution in [0.2, 0.25) is 0 Å². The summed E-state index contributed by atoms with van der Waals surface area (Å²) in [5, 5.41) is 2.92. The first-order valence-corrected chi connectivity index (χ1v) is 7.37. The Hall–Kier alpha value is -0.980. The second kappa shape index (κ2) is 7.57. The zero-order valence-corrected chi connectivity index (χ0v) is 12.9. The van der Waals surface area contributed by atoms with Crippen LogP contribution in [-0.4, -0.2) is 35.5 Å². The predicted molar refractivity (Wildman–Crippen MR) is 76.9 cm³/mol. The van der Waals surface area contributed by atoms with E-state index in [1.807, 2.05) is 26.2 Å². The van der Waals surface area contributed by atoms with Crippen molar-refractivity contribution in [2.24, 2.45) is 5.73 Å². The van der Waals surface area contributed by atoms with E-state index in [2.05, 4.69) is 4.98 Å². The highest BCUT2D eigenvalue weighted by Gasteiger charge is 2.15. The molecule has 0 radical (unpaired) electrons. The van der Waals surface area contributed by atoms with Gasteiger partial charge in [0.05, 0.1) is 12.2 Å². The highest BCUT2D eigenvalue weighted by molar-refractivity contribution is 7.09. The first-order chi connectivity index (χ1) is 8.93. The molecule has 0 aliphatic rings. The van der Waals surface area contributed by atoms with Gasteiger partial charge in [-0.3, -0.25) is 4.79 Å². The van der Waals surface area contributed by atoms with Crippen molar-refractivity contribution in [1.29, 1.82) is 0 Å². The van der Waals surface area contributed by atoms with Gasteiger partial charge in [0.2, 0.25) is 5.91 Å². The van der Waals surface area contributed by atoms with E-state index in [9.17, 15) is 4.79 Å². The fourth-order valence-electron chi connectivity index (χ4n) is 1.67. The minimum absolute atomic E-state index is 0.00817. The second-order valence-electron chi connectivity index (χ2n) is 4.71. The Morgan fingerprint density at radius 3 is 2.84 bits per heavy atom. The average Bonchev–Trinajstić information content (AvgIpc) is 2.77. The molecule has 0 aliphatic heterocycles. The molecule has 108 valence electrons. The van der Waals surface area contributed by atoms with Gasteiger partial charge in [0.25, 0.3) is 0 Å². The van der Waals surface area contributed by atoms with Crippen molar-refractivity contribution >= 4 is 17.2 Å². The third-order valence-electron chi connectivity index (χ3n) is 2.66. The summed E-state index contributed by atoms with van der Waals surface area (Å²) in [5.41, 5.74) is 6.52. The number of carbonyl (C=O) groups excluding carboxylic acids is 1. The first-order valence-electron chi connectivity index (χ1n) is 6.49. The van der Waals surface area contributed by atoms with Gasteiger partial charge in [-0.2, -0.15) is 0 Å². The van der Waals surface area contributed by atoms with Crippen molar-refractivity contribution in [2.45, 2.75) is 45.9 Å². The van der Waals surface area contributed by atoms with E-state index in [-0.39, 0.29) is 18.1 Å². The second-order valence-corrected chi connectivity index (χ2v) is 5.60. The molecule has 2 N–H and O–H groups in total. The maximum absolute atomic E-state index is 11.8. The Morgan fingerprint density at radius 1 is 1.58 bits per heavy atom. The monoisotopic (exact) mass is 285 g/mol. The third kappa shape index (κ3) is 5.26. The van der Waals surface area contributed by atoms with Crippen LogP contribution in [0.15, 0.2) is 5.38 Å². The van der Waals surface area contributed by atoms with Crippen LogP contribution in [0.4, 0.5) is 0 Å². The molecule has 2 atom stereocenters. The molecule has 1 aromatic heterocycles. The van der Waals surface area contributed by atoms with Gasteiger partial charge in [-0.05, 0) is 20.8 Å². The Bertz CT molecular complexity index is 406. The smallest absolute Gasteiger partial charge is 0.224 e. The van der Waals surface area contributed by atoms with Crippen molar-refractivity contribution in [1.82, 2.24) is 9.88 Å². The van der Waals surface area contributed by atoms with Crippen LogP contribution in [-0.2, 0) is 16.1 Å². The van der Waals surface area contributed by atoms with Crippen LogP contribution in [0.5, 0.6) is 0 Å². The van der Waals surface area contributed by atoms with Crippen molar-refractivity contribution in [3.8, 4) is 0 Å². The number of aromatic nitrogens is 1. The number of hydrogen-bond acceptors (Lipinski definition) is 5. The van der Waals surface area contributed by atoms with Crippen molar-refractivity contribution in [3.63, 3.8) is 0 Å². The van der Waals surface area contributed by atoms with Gasteiger partial charge < -0.3 is 15.4 Å². The first kappa shape index (κ1) is 16.1. The number of amides is 1. The normalized spacial score (nSPS) is 14.2. The van der Waals surface area contributed by atoms with Crippen LogP contribution in [0.25, 0.3) is 0 Å². The number of rotatable bonds is 7. The molecule has 6 heteroatoms. The van der Waals surface area contributed by atoms with Crippen molar-refractivity contribution < 1.29 is 9.53 Å². The largest absolute Gasteiger partial charge is 0.372 e. The molecule has 0 fully saturated rings. The Balaban J connectivity index is 2.55. The van der Waals surface area contributed by atoms with Gasteiger partial charge in [-0.1, -0.05) is 0 Å². The van der Waals surface area contributed by atoms with Gasteiger partial charge in [0.15, 0.2) is 0 Å². The number of nitrogens with zero attached hydrogens (tertiary/aromatic N) is 2. The number of carbonyl (C=O) groups is 1. The lowest BCUT2D eigenvalue weighted by atomic mass is 10.2. The number of thiazole rings is 1. The molecule has 2 unspecified atom stereocenters. The minimum Gasteiger partial charge on any atom is -0.372 e. The minimum atomic E-state index is -0.112. The van der Waals surface area contributed by atoms with E-state index in [1.165, 1.54) is 0 Å². The van der Waals surface area contributed by atoms with E-state index in [0.29, 0.717) is 19.6 Å². The maximum atomic E-state index is 11.8. The lowest BCUT2D eigenvalue weighted by Gasteiger charge is -2.17. The third-order valence-corrected chi connectivity index (χ3v) is 3.71. The summed E-state index contributed by atoms with van der Waals surface area (Å²) in [6.45, 7) is 6.96. The molecule has 19 heavy (non-hydrogen) atoms. The van der Waals surface area contributed by atoms with E-state index in [0.717, 1.165) is 10.7 Å². The fourth-order valence-corrected chi connectivity index (χ4v) is 2.48. The number of nitrogens with two attached hydrogens (primary N) is 1. The number of ether oxygens (including phenoxy) is 1. The highest BCUT2D eigenvalue weighted by atomic mass is 32.1. The molecule has 0 aromatic carbocycles. The van der Waals surface area contributed by atoms with E-state index >= 15 is 0 Å². The summed E-state index contributed by atoms with van der Waals surface area (Å²) >= 11 is 1.57. The zero-order valence-electron chi connectivity index (χ0n) is 12.0. The van der Waals surface area contributed by atoms with Crippen LogP contribution in [0.3, 0.4) is 0 Å². The van der Waals surface area contributed by atoms with E-state index in [1.54, 1.807) is 23.3 Å². The molecule has 5 nitrogen and oxygen atoms in total. The SMILES string of the molecule is CCOC(C)c1nc(CN(C)C(=O)CC(C)N)cs1. The topological polar surface area (TPSA) is 68.5 Å². The van der Waals surface area contributed by atoms with Gasteiger partial charge in [-0.25, -0.2) is 4.98 Å². The van der Waals surface area contributed by atoms with Crippen LogP contribution in [0.1, 0.15) is 44.0 Å². The summed E-state index contributed by atoms with van der Waals surface area (Å²) in [6, 6.07) is -0.112. The molecule has 0 spiro atoms. The fraction of sp³-hybridized carbons (Fsp3) is 0.692. The van der Waals surface area contributed by atoms with E-state index in [4.69, 9.17) is 10.5 Å². The molecular weight excluding hydrogens is 262 g/mol. The van der Waals surface area contributed by atoms with Crippen LogP contribution >= 0.6 is 11.3 Å². The summed E-state index contributed by atoms with van der Waals surface area (Å²) in [7, 11) is 1.77. The number of hydrogen-bond donors (Lipinski definition) is 1. The van der Waals surface area contributed by atoms with Crippen molar-refractivity contribution in [2.75, 3.05) is 13.7 Å². The quantitative estimate of drug-likeness (QED) is 0.831. The molecule has 0 saturated carbocycles. The summed E-state index contributed by atoms with van der Waals surface area (Å²) in [4.78, 5) is 18.0. The lowest BCUT2D eigenvalue weighted by molar-refractivity contribution is -0.130. The Morgan fingerprint density at radius 2 is 2.26 bits per heavy atom. The molecule has 0 saturated heterocycles. The predicted octanol–water partition coefficient (Wildman–Crippen LogP) is 1.94. The summed E-state index contributed by atoms with van der Waals surface area (Å²) in [6.07, 6.45) is 0.372. The molecule has 1 heterocycles. The van der Waals surface area contributed by atoms with Crippen LogP contribution in [0, 0.1) is 0 Å². The van der Waals surface area contributed by atoms with Gasteiger partial charge in [-0.15, -0.1) is 11.3 Å². The molecule has 1 aromatic rings. The van der Waals surface area contributed by atoms with Crippen molar-refractivity contribution in [3.05, 3.63) is 16.1 Å². The molecule has 1 amide bonds. The molecule has 0 bridgehead atoms. The van der Waals surface area contributed by atoms with Gasteiger partial charge in [0.1, 0.15) is 11.1 Å². The summed E-state index contributed by atoms with van der Waals surface area (Å²) in [5.74, 6) is 0.0439. The molecular formula is C13H23N3O2S. The Kier molecular flexibility index (Phi) is 6.41. The lowest BCUT2D eigenvalue weighted by Crippen LogP contribution is -2.31. The average molecular weight is 285 g/mol. The zero-order chi connectivity index (χ0) is 14.4. The van der Waals surface area contributed by atoms with Gasteiger partial charge in [0, 0.05) is 31.5 Å². The van der Waals surface area contributed by atoms with E-state index < -0.39 is 0 Å². The van der Waals surface area contributed by atoms with Crippen LogP contribution < -0.4 is 5.73 Å². The molecule has 0 aliphatic carbocycles. The molecule has 1 rings (SSSR count). The standard InChI is InChI=1S/C13H23N3O2S/c1-5-18-10(3)13-15-11(8-19-13)7-16(4)12(17)6-9(2)14/h8-10H,5-7,14H2,1-4H3. The summed E-state index contributed by atoms with van der Waals surface area (Å²) < 4.78 is 5.50. The highest BCUT2D eigenvalue weighted by Crippen LogP contribution is 2.21. The maximum Gasteiger partial charge on any atom is 0.224 e.